The Morgan fingerprint density at radius 3 is 2.33 bits per heavy atom. The second kappa shape index (κ2) is 14.4. The van der Waals surface area contributed by atoms with E-state index >= 15 is 0 Å². The molecule has 1 unspecified atom stereocenters. The van der Waals surface area contributed by atoms with E-state index in [2.05, 4.69) is 0 Å². The van der Waals surface area contributed by atoms with Gasteiger partial charge in [0.1, 0.15) is 12.4 Å². The molecular formula is C33H36ClF3N2O7S2. The monoisotopic (exact) mass is 728 g/mol. The molecule has 0 N–H and O–H groups in total. The van der Waals surface area contributed by atoms with Crippen molar-refractivity contribution in [1.82, 2.24) is 9.21 Å². The van der Waals surface area contributed by atoms with Gasteiger partial charge in [-0.05, 0) is 90.4 Å². The fourth-order valence-corrected chi connectivity index (χ4v) is 9.38. The summed E-state index contributed by atoms with van der Waals surface area (Å²) in [6, 6.07) is 13.4. The van der Waals surface area contributed by atoms with Gasteiger partial charge in [0.2, 0.25) is 10.0 Å². The van der Waals surface area contributed by atoms with E-state index in [1.165, 1.54) is 23.5 Å². The minimum Gasteiger partial charge on any atom is -0.491 e. The number of ether oxygens (including phenoxy) is 2. The smallest absolute Gasteiger partial charge is 0.471 e. The van der Waals surface area contributed by atoms with Gasteiger partial charge in [0.15, 0.2) is 9.84 Å². The van der Waals surface area contributed by atoms with E-state index in [1.807, 2.05) is 0 Å². The lowest BCUT2D eigenvalue weighted by molar-refractivity contribution is -0.186. The zero-order valence-electron chi connectivity index (χ0n) is 26.4. The lowest BCUT2D eigenvalue weighted by Crippen LogP contribution is -2.44. The molecule has 48 heavy (non-hydrogen) atoms. The second-order valence-electron chi connectivity index (χ2n) is 11.9. The average molecular weight is 729 g/mol. The third kappa shape index (κ3) is 7.83. The summed E-state index contributed by atoms with van der Waals surface area (Å²) in [6.45, 7) is 1.57. The molecule has 0 saturated carbocycles. The lowest BCUT2D eigenvalue weighted by atomic mass is 10.00. The van der Waals surface area contributed by atoms with Crippen molar-refractivity contribution < 1.29 is 44.3 Å². The van der Waals surface area contributed by atoms with Gasteiger partial charge in [-0.1, -0.05) is 30.7 Å². The summed E-state index contributed by atoms with van der Waals surface area (Å²) in [5.74, 6) is -1.60. The second-order valence-corrected chi connectivity index (χ2v) is 16.3. The van der Waals surface area contributed by atoms with E-state index in [0.29, 0.717) is 50.8 Å². The summed E-state index contributed by atoms with van der Waals surface area (Å²) >= 11 is 6.34. The van der Waals surface area contributed by atoms with Crippen molar-refractivity contribution in [3.8, 4) is 5.75 Å². The number of amides is 1. The number of carbonyl (C=O) groups excluding carboxylic acids is 1. The van der Waals surface area contributed by atoms with Gasteiger partial charge in [0, 0.05) is 43.4 Å². The molecule has 260 valence electrons. The number of nitrogens with zero attached hydrogens (tertiary/aromatic N) is 2. The fraction of sp³-hybridized carbons (Fsp3) is 0.424. The zero-order valence-corrected chi connectivity index (χ0v) is 28.8. The molecule has 5 rings (SSSR count). The Hall–Kier alpha value is -3.17. The van der Waals surface area contributed by atoms with Crippen molar-refractivity contribution in [2.75, 3.05) is 32.6 Å². The predicted molar refractivity (Wildman–Crippen MR) is 173 cm³/mol. The Morgan fingerprint density at radius 1 is 0.938 bits per heavy atom. The van der Waals surface area contributed by atoms with E-state index in [4.69, 9.17) is 21.1 Å². The summed E-state index contributed by atoms with van der Waals surface area (Å²) in [5.41, 5.74) is 2.97. The molecule has 0 bridgehead atoms. The molecule has 0 aromatic heterocycles. The Kier molecular flexibility index (Phi) is 10.8. The number of hydrogen-bond donors (Lipinski definition) is 0. The van der Waals surface area contributed by atoms with Crippen LogP contribution in [-0.2, 0) is 61.7 Å². The zero-order chi connectivity index (χ0) is 34.9. The third-order valence-electron chi connectivity index (χ3n) is 8.55. The summed E-state index contributed by atoms with van der Waals surface area (Å²) < 4.78 is 107. The van der Waals surface area contributed by atoms with Gasteiger partial charge in [-0.2, -0.15) is 17.5 Å². The van der Waals surface area contributed by atoms with E-state index in [1.54, 1.807) is 49.4 Å². The number of hydrogen-bond acceptors (Lipinski definition) is 7. The van der Waals surface area contributed by atoms with Gasteiger partial charge >= 0.3 is 12.1 Å². The van der Waals surface area contributed by atoms with Crippen LogP contribution < -0.4 is 4.74 Å². The summed E-state index contributed by atoms with van der Waals surface area (Å²) in [6.07, 6.45) is -3.94. The summed E-state index contributed by atoms with van der Waals surface area (Å²) in [7, 11) is -6.33. The molecule has 1 atom stereocenters. The highest BCUT2D eigenvalue weighted by Crippen LogP contribution is 2.36. The molecule has 0 saturated heterocycles. The number of halogens is 4. The number of methoxy groups -OCH3 is 1. The number of sulfonamides is 1. The van der Waals surface area contributed by atoms with E-state index < -0.39 is 38.0 Å². The highest BCUT2D eigenvalue weighted by atomic mass is 35.5. The first kappa shape index (κ1) is 36.1. The van der Waals surface area contributed by atoms with Crippen molar-refractivity contribution in [3.05, 3.63) is 87.4 Å². The fourth-order valence-electron chi connectivity index (χ4n) is 6.16. The number of benzene rings is 3. The standard InChI is InChI=1S/C33H36ClF3N2O7S2/c1-3-14-47(41,42)29-7-5-23-16-28(17-24(23)18-29)39(21-26-15-27(34)6-9-31(26)46-13-12-45-2)48(43,44)30-8-4-22-10-11-38(20-25(22)19-30)32(40)33(35,36)37/h4-9,15,18-19,28H,3,10-14,16-17,20-21H2,1-2H3. The maximum Gasteiger partial charge on any atom is 0.471 e. The van der Waals surface area contributed by atoms with Crippen LogP contribution >= 0.6 is 11.6 Å². The van der Waals surface area contributed by atoms with Crippen molar-refractivity contribution in [3.63, 3.8) is 0 Å². The molecule has 3 aromatic rings. The predicted octanol–water partition coefficient (Wildman–Crippen LogP) is 5.35. The number of fused-ring (bicyclic) bond motifs is 2. The molecule has 0 fully saturated rings. The molecule has 1 aliphatic carbocycles. The number of carbonyl (C=O) groups is 1. The van der Waals surface area contributed by atoms with Crippen LogP contribution in [-0.4, -0.2) is 76.8 Å². The molecule has 2 aliphatic rings. The Bertz CT molecular complexity index is 1900. The third-order valence-corrected chi connectivity index (χ3v) is 12.6. The van der Waals surface area contributed by atoms with E-state index in [-0.39, 0.29) is 61.2 Å². The van der Waals surface area contributed by atoms with Crippen LogP contribution in [0.25, 0.3) is 0 Å². The van der Waals surface area contributed by atoms with Crippen LogP contribution in [0.15, 0.2) is 64.4 Å². The SMILES string of the molecule is CCCS(=O)(=O)c1ccc2c(c1)CC(N(Cc1cc(Cl)ccc1OCCOC)S(=O)(=O)c1ccc3c(c1)CN(C(=O)C(F)(F)F)CC3)C2. The van der Waals surface area contributed by atoms with Gasteiger partial charge in [-0.25, -0.2) is 16.8 Å². The highest BCUT2D eigenvalue weighted by molar-refractivity contribution is 7.91. The van der Waals surface area contributed by atoms with Crippen LogP contribution in [0.1, 0.15) is 41.2 Å². The van der Waals surface area contributed by atoms with E-state index in [0.717, 1.165) is 5.56 Å². The molecule has 1 aliphatic heterocycles. The minimum absolute atomic E-state index is 0.0132. The Balaban J connectivity index is 1.53. The van der Waals surface area contributed by atoms with Crippen molar-refractivity contribution in [2.45, 2.75) is 67.7 Å². The number of rotatable bonds is 12. The summed E-state index contributed by atoms with van der Waals surface area (Å²) in [5, 5.41) is 0.352. The van der Waals surface area contributed by atoms with Gasteiger partial charge in [0.05, 0.1) is 22.2 Å². The first-order chi connectivity index (χ1) is 22.6. The molecule has 9 nitrogen and oxygen atoms in total. The van der Waals surface area contributed by atoms with E-state index in [9.17, 15) is 34.8 Å². The first-order valence-corrected chi connectivity index (χ1v) is 18.9. The molecule has 1 amide bonds. The number of alkyl halides is 3. The van der Waals surface area contributed by atoms with Crippen LogP contribution in [0, 0.1) is 0 Å². The molecule has 1 heterocycles. The minimum atomic E-state index is -5.05. The topological polar surface area (TPSA) is 110 Å². The molecule has 3 aromatic carbocycles. The Labute approximate surface area is 283 Å². The van der Waals surface area contributed by atoms with Crippen LogP contribution in [0.5, 0.6) is 5.75 Å². The molecule has 15 heteroatoms. The average Bonchev–Trinajstić information content (AvgIpc) is 3.46. The first-order valence-electron chi connectivity index (χ1n) is 15.4. The highest BCUT2D eigenvalue weighted by Gasteiger charge is 2.43. The van der Waals surface area contributed by atoms with Crippen LogP contribution in [0.3, 0.4) is 0 Å². The maximum atomic E-state index is 14.6. The van der Waals surface area contributed by atoms with Gasteiger partial charge in [-0.15, -0.1) is 0 Å². The largest absolute Gasteiger partial charge is 0.491 e. The van der Waals surface area contributed by atoms with Gasteiger partial charge < -0.3 is 14.4 Å². The van der Waals surface area contributed by atoms with Gasteiger partial charge in [-0.3, -0.25) is 4.79 Å². The normalized spacial score (nSPS) is 16.6. The molecule has 0 spiro atoms. The van der Waals surface area contributed by atoms with Crippen LogP contribution in [0.4, 0.5) is 13.2 Å². The maximum absolute atomic E-state index is 14.6. The summed E-state index contributed by atoms with van der Waals surface area (Å²) in [4.78, 5) is 12.7. The van der Waals surface area contributed by atoms with Gasteiger partial charge in [0.25, 0.3) is 0 Å². The molecular weight excluding hydrogens is 693 g/mol. The Morgan fingerprint density at radius 2 is 1.62 bits per heavy atom. The lowest BCUT2D eigenvalue weighted by Gasteiger charge is -2.31. The van der Waals surface area contributed by atoms with Crippen LogP contribution in [0.2, 0.25) is 5.02 Å². The van der Waals surface area contributed by atoms with Crippen molar-refractivity contribution in [1.29, 1.82) is 0 Å². The van der Waals surface area contributed by atoms with Crippen molar-refractivity contribution in [2.24, 2.45) is 0 Å². The number of sulfone groups is 1. The van der Waals surface area contributed by atoms with Crippen molar-refractivity contribution >= 4 is 37.4 Å². The molecule has 0 radical (unpaired) electrons. The quantitative estimate of drug-likeness (QED) is 0.231.